The number of amides is 1. The molecule has 0 aliphatic heterocycles. The van der Waals surface area contributed by atoms with Crippen molar-refractivity contribution in [1.82, 2.24) is 30.2 Å². The van der Waals surface area contributed by atoms with Crippen LogP contribution in [0.2, 0.25) is 0 Å². The highest BCUT2D eigenvalue weighted by Crippen LogP contribution is 2.17. The molecule has 8 nitrogen and oxygen atoms in total. The number of carbonyl (C=O) groups excluding carboxylic acids is 1. The maximum atomic E-state index is 12.6. The quantitative estimate of drug-likeness (QED) is 0.601. The van der Waals surface area contributed by atoms with E-state index in [1.54, 1.807) is 18.2 Å². The number of fused-ring (bicyclic) bond motifs is 1. The molecular formula is C15H11N7O. The van der Waals surface area contributed by atoms with Gasteiger partial charge in [-0.15, -0.1) is 5.10 Å². The fourth-order valence-corrected chi connectivity index (χ4v) is 2.32. The molecule has 0 atom stereocenters. The van der Waals surface area contributed by atoms with Crippen molar-refractivity contribution in [3.05, 3.63) is 60.4 Å². The molecule has 1 amide bonds. The predicted molar refractivity (Wildman–Crippen MR) is 83.2 cm³/mol. The lowest BCUT2D eigenvalue weighted by Crippen LogP contribution is -2.16. The van der Waals surface area contributed by atoms with Gasteiger partial charge in [-0.2, -0.15) is 4.68 Å². The van der Waals surface area contributed by atoms with Gasteiger partial charge in [0.2, 0.25) is 5.95 Å². The first-order valence-corrected chi connectivity index (χ1v) is 6.90. The summed E-state index contributed by atoms with van der Waals surface area (Å²) in [6.07, 6.45) is 1.44. The molecule has 4 aromatic rings. The standard InChI is InChI=1S/C15H11N7O/c23-14(19-15-17-11-6-2-3-7-12(11)18-15)10-5-1-4-8-13(10)22-9-16-20-21-22/h1-9H,(H2,17,18,19,23). The lowest BCUT2D eigenvalue weighted by Gasteiger charge is -2.07. The first-order chi connectivity index (χ1) is 11.3. The van der Waals surface area contributed by atoms with Gasteiger partial charge in [0.1, 0.15) is 6.33 Å². The van der Waals surface area contributed by atoms with Crippen LogP contribution in [-0.4, -0.2) is 36.1 Å². The molecule has 0 spiro atoms. The molecular weight excluding hydrogens is 294 g/mol. The zero-order chi connectivity index (χ0) is 15.6. The van der Waals surface area contributed by atoms with E-state index in [4.69, 9.17) is 0 Å². The summed E-state index contributed by atoms with van der Waals surface area (Å²) < 4.78 is 1.44. The van der Waals surface area contributed by atoms with E-state index in [9.17, 15) is 4.79 Å². The zero-order valence-corrected chi connectivity index (χ0v) is 11.8. The van der Waals surface area contributed by atoms with Crippen LogP contribution in [0.5, 0.6) is 0 Å². The number of H-pyrrole nitrogens is 1. The Labute approximate surface area is 130 Å². The molecule has 4 rings (SSSR count). The average molecular weight is 305 g/mol. The fourth-order valence-electron chi connectivity index (χ4n) is 2.32. The van der Waals surface area contributed by atoms with E-state index in [-0.39, 0.29) is 5.91 Å². The number of nitrogens with one attached hydrogen (secondary N) is 2. The van der Waals surface area contributed by atoms with Crippen LogP contribution in [0.15, 0.2) is 54.9 Å². The van der Waals surface area contributed by atoms with E-state index in [0.717, 1.165) is 11.0 Å². The SMILES string of the molecule is O=C(Nc1nc2ccccc2[nH]1)c1ccccc1-n1cnnn1. The molecule has 23 heavy (non-hydrogen) atoms. The minimum atomic E-state index is -0.296. The van der Waals surface area contributed by atoms with Crippen LogP contribution in [0.4, 0.5) is 5.95 Å². The second-order valence-corrected chi connectivity index (χ2v) is 4.83. The van der Waals surface area contributed by atoms with E-state index in [1.807, 2.05) is 30.3 Å². The number of tetrazole rings is 1. The van der Waals surface area contributed by atoms with Crippen molar-refractivity contribution in [3.63, 3.8) is 0 Å². The number of nitrogens with zero attached hydrogens (tertiary/aromatic N) is 5. The van der Waals surface area contributed by atoms with Crippen LogP contribution in [0, 0.1) is 0 Å². The smallest absolute Gasteiger partial charge is 0.260 e. The Morgan fingerprint density at radius 1 is 1.09 bits per heavy atom. The van der Waals surface area contributed by atoms with Crippen molar-refractivity contribution in [2.24, 2.45) is 0 Å². The Balaban J connectivity index is 1.67. The molecule has 0 aliphatic carbocycles. The number of aromatic nitrogens is 6. The third-order valence-electron chi connectivity index (χ3n) is 3.37. The predicted octanol–water partition coefficient (Wildman–Crippen LogP) is 1.79. The van der Waals surface area contributed by atoms with Crippen molar-refractivity contribution < 1.29 is 4.79 Å². The van der Waals surface area contributed by atoms with Gasteiger partial charge in [-0.1, -0.05) is 24.3 Å². The molecule has 8 heteroatoms. The van der Waals surface area contributed by atoms with Crippen LogP contribution in [-0.2, 0) is 0 Å². The average Bonchev–Trinajstić information content (AvgIpc) is 3.24. The van der Waals surface area contributed by atoms with E-state index in [2.05, 4.69) is 30.8 Å². The van der Waals surface area contributed by atoms with Gasteiger partial charge in [-0.25, -0.2) is 4.98 Å². The van der Waals surface area contributed by atoms with Gasteiger partial charge >= 0.3 is 0 Å². The molecule has 0 fully saturated rings. The van der Waals surface area contributed by atoms with Crippen molar-refractivity contribution in [3.8, 4) is 5.69 Å². The maximum absolute atomic E-state index is 12.6. The number of benzene rings is 2. The summed E-state index contributed by atoms with van der Waals surface area (Å²) in [7, 11) is 0. The number of imidazole rings is 1. The molecule has 0 saturated carbocycles. The van der Waals surface area contributed by atoms with Crippen molar-refractivity contribution in [2.45, 2.75) is 0 Å². The van der Waals surface area contributed by atoms with Crippen LogP contribution >= 0.6 is 0 Å². The third kappa shape index (κ3) is 2.42. The minimum absolute atomic E-state index is 0.296. The molecule has 2 aromatic heterocycles. The molecule has 0 radical (unpaired) electrons. The summed E-state index contributed by atoms with van der Waals surface area (Å²) in [6, 6.07) is 14.6. The summed E-state index contributed by atoms with van der Waals surface area (Å²) in [5.41, 5.74) is 2.68. The van der Waals surface area contributed by atoms with Gasteiger partial charge in [0.25, 0.3) is 5.91 Å². The fraction of sp³-hybridized carbons (Fsp3) is 0. The lowest BCUT2D eigenvalue weighted by molar-refractivity contribution is 0.102. The number of para-hydroxylation sites is 3. The van der Waals surface area contributed by atoms with Crippen LogP contribution < -0.4 is 5.32 Å². The number of aromatic amines is 1. The highest BCUT2D eigenvalue weighted by atomic mass is 16.1. The monoisotopic (exact) mass is 305 g/mol. The molecule has 0 aliphatic rings. The van der Waals surface area contributed by atoms with E-state index >= 15 is 0 Å². The van der Waals surface area contributed by atoms with Crippen LogP contribution in [0.25, 0.3) is 16.7 Å². The normalized spacial score (nSPS) is 10.8. The van der Waals surface area contributed by atoms with E-state index < -0.39 is 0 Å². The van der Waals surface area contributed by atoms with Crippen molar-refractivity contribution in [1.29, 1.82) is 0 Å². The summed E-state index contributed by atoms with van der Waals surface area (Å²) in [6.45, 7) is 0. The molecule has 0 saturated heterocycles. The number of anilines is 1. The van der Waals surface area contributed by atoms with E-state index in [1.165, 1.54) is 11.0 Å². The highest BCUT2D eigenvalue weighted by Gasteiger charge is 2.14. The molecule has 2 heterocycles. The maximum Gasteiger partial charge on any atom is 0.260 e. The van der Waals surface area contributed by atoms with Gasteiger partial charge < -0.3 is 4.98 Å². The van der Waals surface area contributed by atoms with Gasteiger partial charge in [-0.05, 0) is 34.7 Å². The third-order valence-corrected chi connectivity index (χ3v) is 3.37. The second kappa shape index (κ2) is 5.34. The number of rotatable bonds is 3. The summed E-state index contributed by atoms with van der Waals surface area (Å²) in [5.74, 6) is 0.0953. The summed E-state index contributed by atoms with van der Waals surface area (Å²) >= 11 is 0. The Kier molecular flexibility index (Phi) is 3.05. The zero-order valence-electron chi connectivity index (χ0n) is 11.8. The molecule has 0 unspecified atom stereocenters. The largest absolute Gasteiger partial charge is 0.324 e. The molecule has 0 bridgehead atoms. The van der Waals surface area contributed by atoms with Gasteiger partial charge in [0, 0.05) is 0 Å². The Bertz CT molecular complexity index is 941. The Morgan fingerprint density at radius 3 is 2.74 bits per heavy atom. The van der Waals surface area contributed by atoms with Crippen molar-refractivity contribution >= 4 is 22.9 Å². The molecule has 112 valence electrons. The topological polar surface area (TPSA) is 101 Å². The number of hydrogen-bond donors (Lipinski definition) is 2. The van der Waals surface area contributed by atoms with E-state index in [0.29, 0.717) is 17.2 Å². The summed E-state index contributed by atoms with van der Waals surface area (Å²) in [5, 5.41) is 13.8. The Morgan fingerprint density at radius 2 is 1.91 bits per heavy atom. The summed E-state index contributed by atoms with van der Waals surface area (Å²) in [4.78, 5) is 20.0. The molecule has 2 aromatic carbocycles. The number of carbonyl (C=O) groups is 1. The second-order valence-electron chi connectivity index (χ2n) is 4.83. The molecule has 2 N–H and O–H groups in total. The minimum Gasteiger partial charge on any atom is -0.324 e. The lowest BCUT2D eigenvalue weighted by atomic mass is 10.1. The van der Waals surface area contributed by atoms with Crippen LogP contribution in [0.3, 0.4) is 0 Å². The van der Waals surface area contributed by atoms with Gasteiger partial charge in [0.15, 0.2) is 0 Å². The number of hydrogen-bond acceptors (Lipinski definition) is 5. The highest BCUT2D eigenvalue weighted by molar-refractivity contribution is 6.06. The Hall–Kier alpha value is -3.55. The van der Waals surface area contributed by atoms with Gasteiger partial charge in [0.05, 0.1) is 22.3 Å². The first kappa shape index (κ1) is 13.1. The van der Waals surface area contributed by atoms with Crippen LogP contribution in [0.1, 0.15) is 10.4 Å². The van der Waals surface area contributed by atoms with Crippen molar-refractivity contribution in [2.75, 3.05) is 5.32 Å². The van der Waals surface area contributed by atoms with Gasteiger partial charge in [-0.3, -0.25) is 10.1 Å². The first-order valence-electron chi connectivity index (χ1n) is 6.90.